The predicted molar refractivity (Wildman–Crippen MR) is 43.6 cm³/mol. The molecule has 72 valence electrons. The highest BCUT2D eigenvalue weighted by Gasteiger charge is 2.33. The molecule has 0 unspecified atom stereocenters. The molecule has 0 radical (unpaired) electrons. The van der Waals surface area contributed by atoms with Gasteiger partial charge in [-0.05, 0) is 22.0 Å². The van der Waals surface area contributed by atoms with E-state index >= 15 is 0 Å². The van der Waals surface area contributed by atoms with Crippen molar-refractivity contribution in [3.8, 4) is 5.75 Å². The Morgan fingerprint density at radius 1 is 1.46 bits per heavy atom. The maximum Gasteiger partial charge on any atom is 0.573 e. The number of aromatic nitrogens is 1. The molecule has 0 aliphatic carbocycles. The molecule has 0 saturated carbocycles. The first kappa shape index (κ1) is 10.6. The summed E-state index contributed by atoms with van der Waals surface area (Å²) in [7, 11) is 0. The fraction of sp³-hybridized carbons (Fsp3) is 0.167. The van der Waals surface area contributed by atoms with Crippen molar-refractivity contribution in [3.63, 3.8) is 0 Å². The maximum atomic E-state index is 11.8. The zero-order chi connectivity index (χ0) is 10.1. The second kappa shape index (κ2) is 3.71. The van der Waals surface area contributed by atoms with Gasteiger partial charge in [-0.2, -0.15) is 0 Å². The Kier molecular flexibility index (Phi) is 3.02. The Morgan fingerprint density at radius 2 is 2.08 bits per heavy atom. The van der Waals surface area contributed by atoms with Crippen LogP contribution in [-0.2, 0) is 0 Å². The highest BCUT2D eigenvalue weighted by atomic mass is 79.9. The Morgan fingerprint density at radius 3 is 2.54 bits per heavy atom. The van der Waals surface area contributed by atoms with Crippen molar-refractivity contribution < 1.29 is 17.9 Å². The minimum atomic E-state index is -4.77. The van der Waals surface area contributed by atoms with Gasteiger partial charge in [0.1, 0.15) is 4.60 Å². The second-order valence-corrected chi connectivity index (χ2v) is 3.12. The van der Waals surface area contributed by atoms with Crippen LogP contribution in [0.15, 0.2) is 16.9 Å². The van der Waals surface area contributed by atoms with Crippen molar-refractivity contribution in [2.75, 3.05) is 0 Å². The van der Waals surface area contributed by atoms with Crippen LogP contribution in [0.1, 0.15) is 0 Å². The van der Waals surface area contributed by atoms with Gasteiger partial charge in [-0.15, -0.1) is 13.2 Å². The summed E-state index contributed by atoms with van der Waals surface area (Å²) in [4.78, 5) is 3.53. The fourth-order valence-electron chi connectivity index (χ4n) is 0.608. The van der Waals surface area contributed by atoms with E-state index < -0.39 is 12.1 Å². The first-order valence-electron chi connectivity index (χ1n) is 2.96. The molecule has 1 rings (SSSR count). The molecule has 0 saturated heterocycles. The van der Waals surface area contributed by atoms with Crippen molar-refractivity contribution >= 4 is 27.5 Å². The Balaban J connectivity index is 3.00. The molecular weight excluding hydrogens is 274 g/mol. The van der Waals surface area contributed by atoms with Crippen LogP contribution in [0.2, 0.25) is 5.02 Å². The van der Waals surface area contributed by atoms with Gasteiger partial charge in [0, 0.05) is 6.20 Å². The topological polar surface area (TPSA) is 22.1 Å². The van der Waals surface area contributed by atoms with Gasteiger partial charge in [-0.3, -0.25) is 0 Å². The number of rotatable bonds is 1. The van der Waals surface area contributed by atoms with Crippen LogP contribution in [0, 0.1) is 0 Å². The lowest BCUT2D eigenvalue weighted by Crippen LogP contribution is -2.17. The van der Waals surface area contributed by atoms with E-state index in [1.54, 1.807) is 0 Å². The highest BCUT2D eigenvalue weighted by Crippen LogP contribution is 2.34. The van der Waals surface area contributed by atoms with Crippen molar-refractivity contribution in [1.82, 2.24) is 4.98 Å². The van der Waals surface area contributed by atoms with Crippen LogP contribution in [0.5, 0.6) is 5.75 Å². The standard InChI is InChI=1S/C6H2BrClF3NO/c7-5-4(13-6(9,10)11)3(8)1-2-12-5/h1-2H. The molecule has 1 aromatic heterocycles. The van der Waals surface area contributed by atoms with Gasteiger partial charge in [0.2, 0.25) is 0 Å². The number of halogens is 5. The van der Waals surface area contributed by atoms with E-state index in [0.29, 0.717) is 0 Å². The summed E-state index contributed by atoms with van der Waals surface area (Å²) >= 11 is 8.22. The second-order valence-electron chi connectivity index (χ2n) is 1.96. The fourth-order valence-corrected chi connectivity index (χ4v) is 1.32. The van der Waals surface area contributed by atoms with Crippen LogP contribution in [-0.4, -0.2) is 11.3 Å². The maximum absolute atomic E-state index is 11.8. The first-order chi connectivity index (χ1) is 5.90. The molecule has 0 N–H and O–H groups in total. The van der Waals surface area contributed by atoms with Gasteiger partial charge in [0.05, 0.1) is 5.02 Å². The first-order valence-corrected chi connectivity index (χ1v) is 4.13. The van der Waals surface area contributed by atoms with E-state index in [1.165, 1.54) is 12.3 Å². The molecule has 1 heterocycles. The lowest BCUT2D eigenvalue weighted by Gasteiger charge is -2.10. The van der Waals surface area contributed by atoms with E-state index in [1.807, 2.05) is 0 Å². The summed E-state index contributed by atoms with van der Waals surface area (Å²) in [5.41, 5.74) is 0. The van der Waals surface area contributed by atoms with Gasteiger partial charge in [0.15, 0.2) is 5.75 Å². The monoisotopic (exact) mass is 275 g/mol. The lowest BCUT2D eigenvalue weighted by molar-refractivity contribution is -0.275. The Labute approximate surface area is 84.8 Å². The molecule has 0 amide bonds. The molecule has 0 aromatic carbocycles. The average molecular weight is 276 g/mol. The third kappa shape index (κ3) is 3.04. The van der Waals surface area contributed by atoms with Gasteiger partial charge in [-0.1, -0.05) is 11.6 Å². The third-order valence-electron chi connectivity index (χ3n) is 1.03. The van der Waals surface area contributed by atoms with Crippen LogP contribution in [0.4, 0.5) is 13.2 Å². The minimum Gasteiger partial charge on any atom is -0.401 e. The molecule has 1 aromatic rings. The SMILES string of the molecule is FC(F)(F)Oc1c(Cl)ccnc1Br. The third-order valence-corrected chi connectivity index (χ3v) is 1.89. The summed E-state index contributed by atoms with van der Waals surface area (Å²) in [6, 6.07) is 1.20. The van der Waals surface area contributed by atoms with E-state index in [-0.39, 0.29) is 9.63 Å². The molecule has 0 spiro atoms. The summed E-state index contributed by atoms with van der Waals surface area (Å²) in [6.45, 7) is 0. The van der Waals surface area contributed by atoms with Crippen molar-refractivity contribution in [2.45, 2.75) is 6.36 Å². The summed E-state index contributed by atoms with van der Waals surface area (Å²) in [6.07, 6.45) is -3.51. The van der Waals surface area contributed by atoms with Gasteiger partial charge >= 0.3 is 6.36 Å². The summed E-state index contributed by atoms with van der Waals surface area (Å²) in [5, 5.41) is -0.154. The molecule has 0 fully saturated rings. The number of ether oxygens (including phenoxy) is 1. The number of nitrogens with zero attached hydrogens (tertiary/aromatic N) is 1. The van der Waals surface area contributed by atoms with Gasteiger partial charge in [-0.25, -0.2) is 4.98 Å². The number of hydrogen-bond acceptors (Lipinski definition) is 2. The zero-order valence-corrected chi connectivity index (χ0v) is 8.24. The van der Waals surface area contributed by atoms with E-state index in [2.05, 4.69) is 25.7 Å². The molecule has 7 heteroatoms. The normalized spacial score (nSPS) is 11.5. The zero-order valence-electron chi connectivity index (χ0n) is 5.90. The molecular formula is C6H2BrClF3NO. The summed E-state index contributed by atoms with van der Waals surface area (Å²) < 4.78 is 38.9. The van der Waals surface area contributed by atoms with Gasteiger partial charge < -0.3 is 4.74 Å². The molecule has 0 bridgehead atoms. The molecule has 0 aliphatic rings. The lowest BCUT2D eigenvalue weighted by atomic mass is 10.5. The van der Waals surface area contributed by atoms with Crippen molar-refractivity contribution in [1.29, 1.82) is 0 Å². The largest absolute Gasteiger partial charge is 0.573 e. The number of hydrogen-bond donors (Lipinski definition) is 0. The number of alkyl halides is 3. The quantitative estimate of drug-likeness (QED) is 0.734. The van der Waals surface area contributed by atoms with Gasteiger partial charge in [0.25, 0.3) is 0 Å². The van der Waals surface area contributed by atoms with E-state index in [0.717, 1.165) is 0 Å². The molecule has 2 nitrogen and oxygen atoms in total. The molecule has 13 heavy (non-hydrogen) atoms. The van der Waals surface area contributed by atoms with Crippen LogP contribution in [0.3, 0.4) is 0 Å². The van der Waals surface area contributed by atoms with Crippen molar-refractivity contribution in [3.05, 3.63) is 21.9 Å². The van der Waals surface area contributed by atoms with E-state index in [4.69, 9.17) is 11.6 Å². The Hall–Kier alpha value is -0.490. The van der Waals surface area contributed by atoms with E-state index in [9.17, 15) is 13.2 Å². The van der Waals surface area contributed by atoms with Crippen LogP contribution >= 0.6 is 27.5 Å². The highest BCUT2D eigenvalue weighted by molar-refractivity contribution is 9.10. The molecule has 0 aliphatic heterocycles. The Bertz CT molecular complexity index is 297. The predicted octanol–water partition coefficient (Wildman–Crippen LogP) is 3.40. The van der Waals surface area contributed by atoms with Crippen LogP contribution < -0.4 is 4.74 Å². The minimum absolute atomic E-state index is 0.0858. The smallest absolute Gasteiger partial charge is 0.401 e. The van der Waals surface area contributed by atoms with Crippen LogP contribution in [0.25, 0.3) is 0 Å². The average Bonchev–Trinajstić information content (AvgIpc) is 1.95. The number of pyridine rings is 1. The summed E-state index contributed by atoms with van der Waals surface area (Å²) in [5.74, 6) is -0.531. The molecule has 0 atom stereocenters. The van der Waals surface area contributed by atoms with Crippen molar-refractivity contribution in [2.24, 2.45) is 0 Å².